The second-order valence-electron chi connectivity index (χ2n) is 9.20. The van der Waals surface area contributed by atoms with Gasteiger partial charge in [0.15, 0.2) is 5.82 Å². The molecule has 0 saturated carbocycles. The van der Waals surface area contributed by atoms with Crippen LogP contribution >= 0.6 is 11.3 Å². The molecular formula is C28H29N5O2S. The molecule has 0 fully saturated rings. The van der Waals surface area contributed by atoms with Gasteiger partial charge in [0, 0.05) is 35.8 Å². The van der Waals surface area contributed by atoms with E-state index in [-0.39, 0.29) is 12.4 Å². The van der Waals surface area contributed by atoms with Crippen LogP contribution in [0.3, 0.4) is 0 Å². The maximum atomic E-state index is 12.3. The number of ether oxygens (including phenoxy) is 1. The van der Waals surface area contributed by atoms with Gasteiger partial charge in [-0.15, -0.1) is 21.5 Å². The van der Waals surface area contributed by atoms with Gasteiger partial charge in [-0.3, -0.25) is 14.4 Å². The quantitative estimate of drug-likeness (QED) is 0.342. The molecule has 0 spiro atoms. The zero-order valence-corrected chi connectivity index (χ0v) is 22.2. The normalized spacial score (nSPS) is 14.5. The van der Waals surface area contributed by atoms with Crippen molar-refractivity contribution in [1.82, 2.24) is 14.8 Å². The maximum absolute atomic E-state index is 12.3. The van der Waals surface area contributed by atoms with E-state index in [1.54, 1.807) is 11.3 Å². The van der Waals surface area contributed by atoms with Gasteiger partial charge in [-0.1, -0.05) is 36.4 Å². The van der Waals surface area contributed by atoms with E-state index in [2.05, 4.69) is 77.5 Å². The highest BCUT2D eigenvalue weighted by Gasteiger charge is 2.32. The lowest BCUT2D eigenvalue weighted by Crippen LogP contribution is -2.12. The van der Waals surface area contributed by atoms with Crippen LogP contribution < -0.4 is 4.90 Å². The summed E-state index contributed by atoms with van der Waals surface area (Å²) in [5.74, 6) is 1.10. The first-order valence-electron chi connectivity index (χ1n) is 11.8. The van der Waals surface area contributed by atoms with Crippen molar-refractivity contribution in [1.29, 1.82) is 0 Å². The number of aryl methyl sites for hydroxylation is 2. The number of rotatable bonds is 5. The highest BCUT2D eigenvalue weighted by Crippen LogP contribution is 2.39. The Hall–Kier alpha value is -3.78. The lowest BCUT2D eigenvalue weighted by atomic mass is 9.97. The van der Waals surface area contributed by atoms with Crippen LogP contribution in [0.15, 0.2) is 53.5 Å². The SMILES string of the molecule is COC(=O)C[C@@H]1N=C(c2ccc(-c3ccc(N(C)C)cc3)cc2)c2c(sc(C)c2C)-n2c(C)nnc21. The summed E-state index contributed by atoms with van der Waals surface area (Å²) >= 11 is 1.70. The van der Waals surface area contributed by atoms with E-state index in [1.165, 1.54) is 17.6 Å². The number of nitrogens with zero attached hydrogens (tertiary/aromatic N) is 5. The molecule has 7 nitrogen and oxygen atoms in total. The number of aliphatic imine (C=N–C) groups is 1. The summed E-state index contributed by atoms with van der Waals surface area (Å²) < 4.78 is 7.03. The van der Waals surface area contributed by atoms with Crippen molar-refractivity contribution in [3.05, 3.63) is 81.7 Å². The van der Waals surface area contributed by atoms with Crippen molar-refractivity contribution in [3.8, 4) is 16.1 Å². The Kier molecular flexibility index (Phi) is 6.22. The summed E-state index contributed by atoms with van der Waals surface area (Å²) in [5.41, 5.74) is 7.56. The number of thiophene rings is 1. The number of hydrogen-bond donors (Lipinski definition) is 0. The molecule has 0 bridgehead atoms. The van der Waals surface area contributed by atoms with Crippen LogP contribution in [0, 0.1) is 20.8 Å². The van der Waals surface area contributed by atoms with Crippen molar-refractivity contribution in [2.75, 3.05) is 26.1 Å². The average molecular weight is 500 g/mol. The predicted molar refractivity (Wildman–Crippen MR) is 145 cm³/mol. The van der Waals surface area contributed by atoms with E-state index < -0.39 is 6.04 Å². The van der Waals surface area contributed by atoms with Crippen LogP contribution in [0.5, 0.6) is 0 Å². The van der Waals surface area contributed by atoms with Gasteiger partial charge in [0.05, 0.1) is 19.2 Å². The first kappa shape index (κ1) is 23.9. The number of fused-ring (bicyclic) bond motifs is 3. The number of methoxy groups -OCH3 is 1. The standard InChI is InChI=1S/C28H29N5O2S/c1-16-17(2)36-28-25(16)26(29-23(15-24(34)35-6)27-31-30-18(3)33(27)28)21-9-7-19(8-10-21)20-11-13-22(14-12-20)32(4)5/h7-14,23H,15H2,1-6H3/t23-/m0/s1. The first-order chi connectivity index (χ1) is 17.3. The highest BCUT2D eigenvalue weighted by atomic mass is 32.1. The topological polar surface area (TPSA) is 72.6 Å². The summed E-state index contributed by atoms with van der Waals surface area (Å²) in [7, 11) is 5.47. The molecule has 8 heteroatoms. The molecule has 0 saturated heterocycles. The van der Waals surface area contributed by atoms with Crippen LogP contribution in [-0.2, 0) is 9.53 Å². The fraction of sp³-hybridized carbons (Fsp3) is 0.286. The molecule has 0 radical (unpaired) electrons. The Morgan fingerprint density at radius 2 is 1.58 bits per heavy atom. The van der Waals surface area contributed by atoms with E-state index in [0.717, 1.165) is 44.5 Å². The van der Waals surface area contributed by atoms with Gasteiger partial charge in [-0.25, -0.2) is 0 Å². The van der Waals surface area contributed by atoms with Gasteiger partial charge < -0.3 is 9.64 Å². The Balaban J connectivity index is 1.62. The molecule has 3 heterocycles. The highest BCUT2D eigenvalue weighted by molar-refractivity contribution is 7.15. The molecule has 0 amide bonds. The average Bonchev–Trinajstić information content (AvgIpc) is 3.36. The Morgan fingerprint density at radius 1 is 0.972 bits per heavy atom. The third-order valence-electron chi connectivity index (χ3n) is 6.70. The van der Waals surface area contributed by atoms with Crippen LogP contribution in [0.2, 0.25) is 0 Å². The zero-order valence-electron chi connectivity index (χ0n) is 21.4. The lowest BCUT2D eigenvalue weighted by molar-refractivity contribution is -0.141. The van der Waals surface area contributed by atoms with E-state index in [9.17, 15) is 4.79 Å². The molecule has 1 aliphatic rings. The smallest absolute Gasteiger partial charge is 0.308 e. The van der Waals surface area contributed by atoms with E-state index in [1.807, 2.05) is 25.6 Å². The van der Waals surface area contributed by atoms with Gasteiger partial charge >= 0.3 is 5.97 Å². The number of anilines is 1. The third kappa shape index (κ3) is 4.11. The summed E-state index contributed by atoms with van der Waals surface area (Å²) in [4.78, 5) is 20.7. The molecule has 0 N–H and O–H groups in total. The van der Waals surface area contributed by atoms with Crippen molar-refractivity contribution >= 4 is 28.7 Å². The Labute approximate surface area is 215 Å². The van der Waals surface area contributed by atoms with Crippen LogP contribution in [0.25, 0.3) is 16.1 Å². The minimum atomic E-state index is -0.494. The number of esters is 1. The molecule has 1 aliphatic heterocycles. The molecule has 0 aliphatic carbocycles. The van der Waals surface area contributed by atoms with Gasteiger partial charge in [-0.05, 0) is 49.6 Å². The van der Waals surface area contributed by atoms with Gasteiger partial charge in [-0.2, -0.15) is 0 Å². The second-order valence-corrected chi connectivity index (χ2v) is 10.4. The lowest BCUT2D eigenvalue weighted by Gasteiger charge is -2.13. The van der Waals surface area contributed by atoms with Crippen molar-refractivity contribution in [2.24, 2.45) is 4.99 Å². The number of aromatic nitrogens is 3. The number of benzene rings is 2. The molecule has 1 atom stereocenters. The number of carbonyl (C=O) groups is 1. The summed E-state index contributed by atoms with van der Waals surface area (Å²) in [6, 6.07) is 16.5. The largest absolute Gasteiger partial charge is 0.469 e. The van der Waals surface area contributed by atoms with Crippen LogP contribution in [0.1, 0.15) is 45.7 Å². The molecular weight excluding hydrogens is 470 g/mol. The fourth-order valence-corrected chi connectivity index (χ4v) is 5.75. The van der Waals surface area contributed by atoms with Gasteiger partial charge in [0.1, 0.15) is 16.9 Å². The molecule has 4 aromatic rings. The van der Waals surface area contributed by atoms with E-state index >= 15 is 0 Å². The molecule has 36 heavy (non-hydrogen) atoms. The Bertz CT molecular complexity index is 1460. The summed E-state index contributed by atoms with van der Waals surface area (Å²) in [6.07, 6.45) is 0.0986. The maximum Gasteiger partial charge on any atom is 0.308 e. The second kappa shape index (κ2) is 9.35. The Morgan fingerprint density at radius 3 is 2.19 bits per heavy atom. The van der Waals surface area contributed by atoms with Crippen LogP contribution in [-0.4, -0.2) is 47.7 Å². The number of carbonyl (C=O) groups excluding carboxylic acids is 1. The third-order valence-corrected chi connectivity index (χ3v) is 7.89. The molecule has 5 rings (SSSR count). The van der Waals surface area contributed by atoms with Crippen molar-refractivity contribution in [2.45, 2.75) is 33.2 Å². The molecule has 0 unspecified atom stereocenters. The predicted octanol–water partition coefficient (Wildman–Crippen LogP) is 5.44. The van der Waals surface area contributed by atoms with E-state index in [4.69, 9.17) is 9.73 Å². The summed E-state index contributed by atoms with van der Waals surface area (Å²) in [5, 5.41) is 9.78. The zero-order chi connectivity index (χ0) is 25.6. The minimum Gasteiger partial charge on any atom is -0.469 e. The first-order valence-corrected chi connectivity index (χ1v) is 12.7. The fourth-order valence-electron chi connectivity index (χ4n) is 4.54. The molecule has 2 aromatic heterocycles. The molecule has 184 valence electrons. The van der Waals surface area contributed by atoms with Gasteiger partial charge in [0.25, 0.3) is 0 Å². The monoisotopic (exact) mass is 499 g/mol. The van der Waals surface area contributed by atoms with Crippen LogP contribution in [0.4, 0.5) is 5.69 Å². The van der Waals surface area contributed by atoms with Crippen molar-refractivity contribution < 1.29 is 9.53 Å². The van der Waals surface area contributed by atoms with Crippen molar-refractivity contribution in [3.63, 3.8) is 0 Å². The molecule has 2 aromatic carbocycles. The summed E-state index contributed by atoms with van der Waals surface area (Å²) in [6.45, 7) is 6.18. The minimum absolute atomic E-state index is 0.0986. The number of hydrogen-bond acceptors (Lipinski definition) is 7. The van der Waals surface area contributed by atoms with E-state index in [0.29, 0.717) is 5.82 Å². The van der Waals surface area contributed by atoms with Gasteiger partial charge in [0.2, 0.25) is 0 Å².